The van der Waals surface area contributed by atoms with E-state index < -0.39 is 0 Å². The molecule has 0 spiro atoms. The molecule has 0 N–H and O–H groups in total. The van der Waals surface area contributed by atoms with Crippen molar-refractivity contribution in [2.75, 3.05) is 26.7 Å². The summed E-state index contributed by atoms with van der Waals surface area (Å²) in [5.74, 6) is 1.18. The van der Waals surface area contributed by atoms with Crippen LogP contribution in [-0.2, 0) is 17.9 Å². The third-order valence-electron chi connectivity index (χ3n) is 5.55. The Bertz CT molecular complexity index is 768. The molecule has 1 fully saturated rings. The molecule has 3 rings (SSSR count). The number of carbonyl (C=O) groups is 1. The average molecular weight is 399 g/mol. The van der Waals surface area contributed by atoms with Crippen molar-refractivity contribution in [3.8, 4) is 5.75 Å². The second-order valence-electron chi connectivity index (χ2n) is 7.90. The van der Waals surface area contributed by atoms with Crippen molar-refractivity contribution in [3.63, 3.8) is 0 Å². The third-order valence-corrected chi connectivity index (χ3v) is 5.55. The van der Waals surface area contributed by atoms with Crippen LogP contribution in [0.2, 0.25) is 0 Å². The molecule has 29 heavy (non-hydrogen) atoms. The first-order valence-electron chi connectivity index (χ1n) is 10.5. The van der Waals surface area contributed by atoms with Gasteiger partial charge in [-0.1, -0.05) is 24.3 Å². The summed E-state index contributed by atoms with van der Waals surface area (Å²) in [6, 6.07) is 14.3. The summed E-state index contributed by atoms with van der Waals surface area (Å²) >= 11 is 0. The maximum Gasteiger partial charge on any atom is 0.223 e. The van der Waals surface area contributed by atoms with Gasteiger partial charge in [0.2, 0.25) is 5.91 Å². The predicted octanol–water partition coefficient (Wildman–Crippen LogP) is 4.49. The molecule has 0 aliphatic carbocycles. The van der Waals surface area contributed by atoms with E-state index in [2.05, 4.69) is 11.9 Å². The van der Waals surface area contributed by atoms with Crippen molar-refractivity contribution in [1.29, 1.82) is 0 Å². The van der Waals surface area contributed by atoms with E-state index in [0.29, 0.717) is 32.0 Å². The van der Waals surface area contributed by atoms with E-state index in [-0.39, 0.29) is 11.7 Å². The first-order chi connectivity index (χ1) is 14.0. The van der Waals surface area contributed by atoms with Gasteiger partial charge in [-0.25, -0.2) is 4.39 Å². The van der Waals surface area contributed by atoms with Crippen molar-refractivity contribution >= 4 is 5.91 Å². The molecule has 0 aromatic heterocycles. The van der Waals surface area contributed by atoms with E-state index in [1.165, 1.54) is 12.1 Å². The molecule has 5 heteroatoms. The van der Waals surface area contributed by atoms with Gasteiger partial charge in [0.15, 0.2) is 0 Å². The first-order valence-corrected chi connectivity index (χ1v) is 10.5. The van der Waals surface area contributed by atoms with Crippen LogP contribution < -0.4 is 4.74 Å². The van der Waals surface area contributed by atoms with Crippen LogP contribution in [0.25, 0.3) is 0 Å². The Morgan fingerprint density at radius 2 is 1.59 bits per heavy atom. The Morgan fingerprint density at radius 3 is 2.14 bits per heavy atom. The number of likely N-dealkylation sites (tertiary alicyclic amines) is 1. The van der Waals surface area contributed by atoms with Gasteiger partial charge in [-0.15, -0.1) is 0 Å². The second kappa shape index (κ2) is 10.4. The highest BCUT2D eigenvalue weighted by Crippen LogP contribution is 2.22. The van der Waals surface area contributed by atoms with E-state index in [0.717, 1.165) is 42.8 Å². The topological polar surface area (TPSA) is 32.8 Å². The molecule has 1 amide bonds. The maximum atomic E-state index is 13.3. The first kappa shape index (κ1) is 21.3. The molecular weight excluding hydrogens is 367 g/mol. The summed E-state index contributed by atoms with van der Waals surface area (Å²) in [5.41, 5.74) is 2.00. The predicted molar refractivity (Wildman–Crippen MR) is 113 cm³/mol. The summed E-state index contributed by atoms with van der Waals surface area (Å²) in [6.07, 6.45) is 2.71. The van der Waals surface area contributed by atoms with E-state index in [9.17, 15) is 9.18 Å². The highest BCUT2D eigenvalue weighted by molar-refractivity contribution is 5.76. The Kier molecular flexibility index (Phi) is 7.64. The van der Waals surface area contributed by atoms with Crippen LogP contribution in [0.5, 0.6) is 5.75 Å². The SMILES string of the molecule is CCOc1ccc(CN(Cc2ccc(F)cc2)C(=O)CC2CCN(C)CC2)cc1. The standard InChI is InChI=1S/C24H31FN2O2/c1-3-29-23-10-6-21(7-11-23)18-27(17-20-4-8-22(25)9-5-20)24(28)16-19-12-14-26(2)15-13-19/h4-11,19H,3,12-18H2,1-2H3. The minimum Gasteiger partial charge on any atom is -0.494 e. The molecule has 1 saturated heterocycles. The fourth-order valence-corrected chi connectivity index (χ4v) is 3.76. The number of ether oxygens (including phenoxy) is 1. The Labute approximate surface area is 173 Å². The normalized spacial score (nSPS) is 15.3. The zero-order valence-corrected chi connectivity index (χ0v) is 17.4. The van der Waals surface area contributed by atoms with Crippen LogP contribution >= 0.6 is 0 Å². The smallest absolute Gasteiger partial charge is 0.223 e. The van der Waals surface area contributed by atoms with Crippen molar-refractivity contribution in [2.24, 2.45) is 5.92 Å². The fraction of sp³-hybridized carbons (Fsp3) is 0.458. The van der Waals surface area contributed by atoms with E-state index in [1.807, 2.05) is 36.1 Å². The van der Waals surface area contributed by atoms with Gasteiger partial charge in [-0.2, -0.15) is 0 Å². The average Bonchev–Trinajstić information content (AvgIpc) is 2.72. The number of carbonyl (C=O) groups excluding carboxylic acids is 1. The minimum absolute atomic E-state index is 0.165. The number of rotatable bonds is 8. The molecule has 2 aromatic rings. The lowest BCUT2D eigenvalue weighted by Crippen LogP contribution is -2.35. The van der Waals surface area contributed by atoms with Crippen LogP contribution in [0.3, 0.4) is 0 Å². The van der Waals surface area contributed by atoms with Crippen LogP contribution in [-0.4, -0.2) is 42.5 Å². The van der Waals surface area contributed by atoms with Crippen molar-refractivity contribution in [2.45, 2.75) is 39.3 Å². The number of benzene rings is 2. The molecular formula is C24H31FN2O2. The minimum atomic E-state index is -0.260. The van der Waals surface area contributed by atoms with Gasteiger partial charge in [0.25, 0.3) is 0 Å². The summed E-state index contributed by atoms with van der Waals surface area (Å²) in [5, 5.41) is 0. The molecule has 0 atom stereocenters. The number of halogens is 1. The monoisotopic (exact) mass is 398 g/mol. The van der Waals surface area contributed by atoms with Crippen molar-refractivity contribution in [3.05, 3.63) is 65.5 Å². The fourth-order valence-electron chi connectivity index (χ4n) is 3.76. The third kappa shape index (κ3) is 6.57. The van der Waals surface area contributed by atoms with Gasteiger partial charge in [0, 0.05) is 19.5 Å². The van der Waals surface area contributed by atoms with Gasteiger partial charge in [-0.3, -0.25) is 4.79 Å². The molecule has 1 aliphatic rings. The zero-order valence-electron chi connectivity index (χ0n) is 17.4. The van der Waals surface area contributed by atoms with E-state index in [1.54, 1.807) is 12.1 Å². The lowest BCUT2D eigenvalue weighted by Gasteiger charge is -2.31. The van der Waals surface area contributed by atoms with Gasteiger partial charge in [0.1, 0.15) is 11.6 Å². The lowest BCUT2D eigenvalue weighted by atomic mass is 9.93. The van der Waals surface area contributed by atoms with Gasteiger partial charge in [-0.05, 0) is 81.2 Å². The van der Waals surface area contributed by atoms with Crippen LogP contribution in [0.15, 0.2) is 48.5 Å². The molecule has 0 unspecified atom stereocenters. The number of piperidine rings is 1. The summed E-state index contributed by atoms with van der Waals surface area (Å²) < 4.78 is 18.8. The zero-order chi connectivity index (χ0) is 20.6. The Hall–Kier alpha value is -2.40. The molecule has 2 aromatic carbocycles. The number of hydrogen-bond donors (Lipinski definition) is 0. The number of nitrogens with zero attached hydrogens (tertiary/aromatic N) is 2. The summed E-state index contributed by atoms with van der Waals surface area (Å²) in [7, 11) is 2.13. The summed E-state index contributed by atoms with van der Waals surface area (Å²) in [6.45, 7) is 5.71. The maximum absolute atomic E-state index is 13.3. The number of hydrogen-bond acceptors (Lipinski definition) is 3. The molecule has 4 nitrogen and oxygen atoms in total. The largest absolute Gasteiger partial charge is 0.494 e. The highest BCUT2D eigenvalue weighted by atomic mass is 19.1. The van der Waals surface area contributed by atoms with Crippen molar-refractivity contribution < 1.29 is 13.9 Å². The van der Waals surface area contributed by atoms with Crippen LogP contribution in [0.1, 0.15) is 37.3 Å². The van der Waals surface area contributed by atoms with E-state index in [4.69, 9.17) is 4.74 Å². The molecule has 0 bridgehead atoms. The van der Waals surface area contributed by atoms with Gasteiger partial charge in [0.05, 0.1) is 6.61 Å². The Balaban J connectivity index is 1.69. The molecule has 156 valence electrons. The lowest BCUT2D eigenvalue weighted by molar-refractivity contribution is -0.133. The highest BCUT2D eigenvalue weighted by Gasteiger charge is 2.23. The molecule has 1 aliphatic heterocycles. The Morgan fingerprint density at radius 1 is 1.03 bits per heavy atom. The van der Waals surface area contributed by atoms with E-state index >= 15 is 0 Å². The van der Waals surface area contributed by atoms with Crippen LogP contribution in [0.4, 0.5) is 4.39 Å². The quantitative estimate of drug-likeness (QED) is 0.657. The number of amides is 1. The summed E-state index contributed by atoms with van der Waals surface area (Å²) in [4.78, 5) is 17.4. The molecule has 0 radical (unpaired) electrons. The molecule has 1 heterocycles. The van der Waals surface area contributed by atoms with Gasteiger partial charge < -0.3 is 14.5 Å². The van der Waals surface area contributed by atoms with Crippen molar-refractivity contribution in [1.82, 2.24) is 9.80 Å². The van der Waals surface area contributed by atoms with Gasteiger partial charge >= 0.3 is 0 Å². The van der Waals surface area contributed by atoms with Crippen LogP contribution in [0, 0.1) is 11.7 Å². The molecule has 0 saturated carbocycles. The second-order valence-corrected chi connectivity index (χ2v) is 7.90.